The van der Waals surface area contributed by atoms with Gasteiger partial charge >= 0.3 is 0 Å². The molecule has 2 aromatic heterocycles. The van der Waals surface area contributed by atoms with Gasteiger partial charge in [-0.1, -0.05) is 18.2 Å². The van der Waals surface area contributed by atoms with Crippen molar-refractivity contribution in [2.75, 3.05) is 23.3 Å². The van der Waals surface area contributed by atoms with E-state index in [0.29, 0.717) is 5.82 Å². The minimum Gasteiger partial charge on any atom is -0.355 e. The van der Waals surface area contributed by atoms with Crippen molar-refractivity contribution in [2.45, 2.75) is 26.7 Å². The molecule has 0 radical (unpaired) electrons. The van der Waals surface area contributed by atoms with Crippen LogP contribution in [0.1, 0.15) is 24.2 Å². The van der Waals surface area contributed by atoms with Crippen LogP contribution >= 0.6 is 0 Å². The number of carbonyl (C=O) groups excluding carboxylic acids is 1. The largest absolute Gasteiger partial charge is 0.355 e. The van der Waals surface area contributed by atoms with Crippen LogP contribution in [0.5, 0.6) is 0 Å². The quantitative estimate of drug-likeness (QED) is 0.757. The van der Waals surface area contributed by atoms with E-state index >= 15 is 0 Å². The first kappa shape index (κ1) is 18.2. The normalized spacial score (nSPS) is 14.9. The third-order valence-corrected chi connectivity index (χ3v) is 5.09. The van der Waals surface area contributed by atoms with Gasteiger partial charge in [0, 0.05) is 30.4 Å². The van der Waals surface area contributed by atoms with Crippen molar-refractivity contribution in [2.24, 2.45) is 5.92 Å². The van der Waals surface area contributed by atoms with Crippen LogP contribution in [0.15, 0.2) is 48.5 Å². The molecule has 0 bridgehead atoms. The number of hydrogen-bond acceptors (Lipinski definition) is 5. The summed E-state index contributed by atoms with van der Waals surface area (Å²) in [6, 6.07) is 15.5. The van der Waals surface area contributed by atoms with E-state index in [4.69, 9.17) is 0 Å². The van der Waals surface area contributed by atoms with Gasteiger partial charge in [-0.15, -0.1) is 10.2 Å². The number of carbonyl (C=O) groups is 1. The summed E-state index contributed by atoms with van der Waals surface area (Å²) in [5, 5.41) is 16.2. The highest BCUT2D eigenvalue weighted by Gasteiger charge is 2.26. The van der Waals surface area contributed by atoms with Crippen LogP contribution < -0.4 is 10.2 Å². The Hall–Kier alpha value is -3.22. The summed E-state index contributed by atoms with van der Waals surface area (Å²) in [6.07, 6.45) is 1.61. The maximum atomic E-state index is 12.5. The van der Waals surface area contributed by atoms with E-state index in [0.717, 1.165) is 48.8 Å². The van der Waals surface area contributed by atoms with Crippen molar-refractivity contribution in [3.8, 4) is 5.82 Å². The summed E-state index contributed by atoms with van der Waals surface area (Å²) in [4.78, 5) is 14.7. The second kappa shape index (κ2) is 7.80. The summed E-state index contributed by atoms with van der Waals surface area (Å²) >= 11 is 0. The van der Waals surface area contributed by atoms with E-state index in [1.807, 2.05) is 62.4 Å². The molecule has 7 heteroatoms. The molecule has 4 rings (SSSR count). The van der Waals surface area contributed by atoms with Gasteiger partial charge in [-0.25, -0.2) is 4.68 Å². The van der Waals surface area contributed by atoms with Crippen LogP contribution in [0.25, 0.3) is 5.82 Å². The maximum Gasteiger partial charge on any atom is 0.227 e. The van der Waals surface area contributed by atoms with Crippen molar-refractivity contribution in [1.82, 2.24) is 20.0 Å². The van der Waals surface area contributed by atoms with E-state index in [1.165, 1.54) is 0 Å². The lowest BCUT2D eigenvalue weighted by Gasteiger charge is -2.31. The lowest BCUT2D eigenvalue weighted by Crippen LogP contribution is -2.38. The molecule has 1 aliphatic rings. The van der Waals surface area contributed by atoms with Gasteiger partial charge in [0.15, 0.2) is 11.6 Å². The summed E-state index contributed by atoms with van der Waals surface area (Å²) in [7, 11) is 0. The van der Waals surface area contributed by atoms with Crippen molar-refractivity contribution < 1.29 is 4.79 Å². The SMILES string of the molecule is Cc1cc(C)n(-c2ccc(N3CCC(C(=O)Nc4ccccc4)CC3)nn2)n1. The third kappa shape index (κ3) is 3.88. The molecule has 0 aliphatic carbocycles. The molecule has 144 valence electrons. The summed E-state index contributed by atoms with van der Waals surface area (Å²) in [5.74, 6) is 1.67. The third-order valence-electron chi connectivity index (χ3n) is 5.09. The number of para-hydroxylation sites is 1. The van der Waals surface area contributed by atoms with E-state index in [1.54, 1.807) is 4.68 Å². The first-order chi connectivity index (χ1) is 13.6. The van der Waals surface area contributed by atoms with Crippen LogP contribution in [-0.4, -0.2) is 39.0 Å². The minimum atomic E-state index is 0.0263. The highest BCUT2D eigenvalue weighted by atomic mass is 16.1. The number of aromatic nitrogens is 4. The molecule has 1 N–H and O–H groups in total. The zero-order valence-electron chi connectivity index (χ0n) is 16.2. The Morgan fingerprint density at radius 2 is 1.68 bits per heavy atom. The molecule has 7 nitrogen and oxygen atoms in total. The number of hydrogen-bond donors (Lipinski definition) is 1. The molecule has 3 heterocycles. The number of nitrogens with one attached hydrogen (secondary N) is 1. The molecule has 1 aromatic carbocycles. The van der Waals surface area contributed by atoms with Crippen LogP contribution in [0, 0.1) is 19.8 Å². The van der Waals surface area contributed by atoms with Crippen LogP contribution in [0.3, 0.4) is 0 Å². The summed E-state index contributed by atoms with van der Waals surface area (Å²) in [6.45, 7) is 5.55. The number of aryl methyl sites for hydroxylation is 2. The number of amides is 1. The molecule has 1 aliphatic heterocycles. The van der Waals surface area contributed by atoms with Gasteiger partial charge < -0.3 is 10.2 Å². The van der Waals surface area contributed by atoms with Crippen molar-refractivity contribution in [3.63, 3.8) is 0 Å². The fourth-order valence-corrected chi connectivity index (χ4v) is 3.60. The minimum absolute atomic E-state index is 0.0263. The van der Waals surface area contributed by atoms with Crippen molar-refractivity contribution in [1.29, 1.82) is 0 Å². The number of benzene rings is 1. The van der Waals surface area contributed by atoms with E-state index < -0.39 is 0 Å². The average molecular weight is 376 g/mol. The number of anilines is 2. The summed E-state index contributed by atoms with van der Waals surface area (Å²) < 4.78 is 1.80. The Balaban J connectivity index is 1.36. The van der Waals surface area contributed by atoms with Gasteiger partial charge in [0.25, 0.3) is 0 Å². The van der Waals surface area contributed by atoms with Gasteiger partial charge in [-0.05, 0) is 57.0 Å². The lowest BCUT2D eigenvalue weighted by atomic mass is 9.96. The predicted molar refractivity (Wildman–Crippen MR) is 109 cm³/mol. The second-order valence-electron chi connectivity index (χ2n) is 7.21. The first-order valence-electron chi connectivity index (χ1n) is 9.58. The zero-order chi connectivity index (χ0) is 19.5. The van der Waals surface area contributed by atoms with Crippen LogP contribution in [0.2, 0.25) is 0 Å². The standard InChI is InChI=1S/C21H24N6O/c1-15-14-16(2)27(25-15)20-9-8-19(23-24-20)26-12-10-17(11-13-26)21(28)22-18-6-4-3-5-7-18/h3-9,14,17H,10-13H2,1-2H3,(H,22,28). The fraction of sp³-hybridized carbons (Fsp3) is 0.333. The predicted octanol–water partition coefficient (Wildman–Crippen LogP) is 3.13. The van der Waals surface area contributed by atoms with Gasteiger partial charge in [-0.3, -0.25) is 4.79 Å². The smallest absolute Gasteiger partial charge is 0.227 e. The number of nitrogens with zero attached hydrogens (tertiary/aromatic N) is 5. The molecule has 1 saturated heterocycles. The molecular weight excluding hydrogens is 352 g/mol. The second-order valence-corrected chi connectivity index (χ2v) is 7.21. The van der Waals surface area contributed by atoms with Gasteiger partial charge in [-0.2, -0.15) is 5.10 Å². The molecule has 0 spiro atoms. The molecule has 3 aromatic rings. The Kier molecular flexibility index (Phi) is 5.06. The van der Waals surface area contributed by atoms with Gasteiger partial charge in [0.1, 0.15) is 0 Å². The zero-order valence-corrected chi connectivity index (χ0v) is 16.2. The molecule has 0 unspecified atom stereocenters. The van der Waals surface area contributed by atoms with E-state index in [2.05, 4.69) is 25.5 Å². The maximum absolute atomic E-state index is 12.5. The fourth-order valence-electron chi connectivity index (χ4n) is 3.60. The van der Waals surface area contributed by atoms with E-state index in [-0.39, 0.29) is 11.8 Å². The first-order valence-corrected chi connectivity index (χ1v) is 9.58. The molecule has 1 amide bonds. The van der Waals surface area contributed by atoms with E-state index in [9.17, 15) is 4.79 Å². The highest BCUT2D eigenvalue weighted by molar-refractivity contribution is 5.92. The van der Waals surface area contributed by atoms with Crippen molar-refractivity contribution in [3.05, 3.63) is 59.9 Å². The van der Waals surface area contributed by atoms with Gasteiger partial charge in [0.2, 0.25) is 5.91 Å². The topological polar surface area (TPSA) is 75.9 Å². The Morgan fingerprint density at radius 1 is 1.00 bits per heavy atom. The number of piperidine rings is 1. The average Bonchev–Trinajstić information content (AvgIpc) is 3.07. The molecule has 1 fully saturated rings. The van der Waals surface area contributed by atoms with Crippen molar-refractivity contribution >= 4 is 17.4 Å². The molecule has 28 heavy (non-hydrogen) atoms. The molecular formula is C21H24N6O. The Labute approximate surface area is 164 Å². The summed E-state index contributed by atoms with van der Waals surface area (Å²) in [5.41, 5.74) is 2.84. The lowest BCUT2D eigenvalue weighted by molar-refractivity contribution is -0.120. The van der Waals surface area contributed by atoms with Crippen LogP contribution in [-0.2, 0) is 4.79 Å². The molecule has 0 atom stereocenters. The Morgan fingerprint density at radius 3 is 2.29 bits per heavy atom. The van der Waals surface area contributed by atoms with Crippen LogP contribution in [0.4, 0.5) is 11.5 Å². The Bertz CT molecular complexity index is 943. The monoisotopic (exact) mass is 376 g/mol. The van der Waals surface area contributed by atoms with Gasteiger partial charge in [0.05, 0.1) is 5.69 Å². The molecule has 0 saturated carbocycles. The number of rotatable bonds is 4. The highest BCUT2D eigenvalue weighted by Crippen LogP contribution is 2.23.